The van der Waals surface area contributed by atoms with Crippen molar-refractivity contribution in [1.82, 2.24) is 14.5 Å². The van der Waals surface area contributed by atoms with Gasteiger partial charge in [-0.15, -0.1) is 0 Å². The summed E-state index contributed by atoms with van der Waals surface area (Å²) in [6.45, 7) is 0. The Labute approximate surface area is 441 Å². The lowest BCUT2D eigenvalue weighted by atomic mass is 9.67. The fourth-order valence-corrected chi connectivity index (χ4v) is 12.6. The number of hydrogen-bond acceptors (Lipinski definition) is 2. The Kier molecular flexibility index (Phi) is 10.1. The number of rotatable bonds is 8. The largest absolute Gasteiger partial charge is 0.309 e. The second-order valence-corrected chi connectivity index (χ2v) is 20.0. The molecule has 1 aliphatic rings. The fourth-order valence-electron chi connectivity index (χ4n) is 12.6. The molecule has 15 rings (SSSR count). The smallest absolute Gasteiger partial charge is 0.160 e. The Bertz CT molecular complexity index is 4520. The Hall–Kier alpha value is -9.96. The van der Waals surface area contributed by atoms with E-state index in [1.165, 1.54) is 76.8 Å². The van der Waals surface area contributed by atoms with Gasteiger partial charge in [0.25, 0.3) is 0 Å². The molecule has 2 heterocycles. The highest BCUT2D eigenvalue weighted by molar-refractivity contribution is 6.14. The average Bonchev–Trinajstić information content (AvgIpc) is 4.01. The molecule has 0 atom stereocenters. The van der Waals surface area contributed by atoms with Gasteiger partial charge in [-0.1, -0.05) is 243 Å². The van der Waals surface area contributed by atoms with Crippen LogP contribution in [0.2, 0.25) is 0 Å². The van der Waals surface area contributed by atoms with Gasteiger partial charge in [0.15, 0.2) is 5.82 Å². The van der Waals surface area contributed by atoms with E-state index in [2.05, 4.69) is 290 Å². The van der Waals surface area contributed by atoms with Gasteiger partial charge in [-0.05, 0) is 120 Å². The molecule has 0 aliphatic heterocycles. The third-order valence-corrected chi connectivity index (χ3v) is 15.8. The van der Waals surface area contributed by atoms with Gasteiger partial charge >= 0.3 is 0 Å². The van der Waals surface area contributed by atoms with E-state index in [-0.39, 0.29) is 0 Å². The normalized spacial score (nSPS) is 12.6. The van der Waals surface area contributed by atoms with E-state index in [0.717, 1.165) is 55.9 Å². The molecule has 354 valence electrons. The number of para-hydroxylation sites is 1. The summed E-state index contributed by atoms with van der Waals surface area (Å²) in [5.74, 6) is 0.668. The standard InChI is InChI=1S/C73H47N3/c1-5-22-48(23-6-1)50-40-41-61-60-34-18-20-39-69(60)76(70(61)46-50)56-43-52(64-45-51-26-13-14-31-57(51)58-32-15-16-33-59(58)64)42-53(44-56)67-47-68(75-72(74-67)49-24-7-2-8-25-49)63-36-21-38-66-71(63)62-35-17-19-37-65(62)73(66,54-27-9-3-10-28-54)55-29-11-4-12-30-55/h1-47H. The molecular formula is C73H47N3. The minimum Gasteiger partial charge on any atom is -0.309 e. The van der Waals surface area contributed by atoms with Crippen molar-refractivity contribution in [2.75, 3.05) is 0 Å². The van der Waals surface area contributed by atoms with Crippen LogP contribution in [-0.2, 0) is 5.41 Å². The minimum atomic E-state index is -0.558. The molecule has 1 aliphatic carbocycles. The quantitative estimate of drug-likeness (QED) is 0.142. The van der Waals surface area contributed by atoms with E-state index in [1.54, 1.807) is 0 Å². The van der Waals surface area contributed by atoms with E-state index >= 15 is 0 Å². The van der Waals surface area contributed by atoms with Crippen LogP contribution in [-0.4, -0.2) is 14.5 Å². The maximum absolute atomic E-state index is 5.59. The highest BCUT2D eigenvalue weighted by Gasteiger charge is 2.47. The van der Waals surface area contributed by atoms with Crippen molar-refractivity contribution in [3.63, 3.8) is 0 Å². The number of aromatic nitrogens is 3. The Morgan fingerprint density at radius 3 is 1.62 bits per heavy atom. The zero-order chi connectivity index (χ0) is 50.2. The first-order chi connectivity index (χ1) is 37.7. The maximum Gasteiger partial charge on any atom is 0.160 e. The van der Waals surface area contributed by atoms with Crippen LogP contribution in [0.25, 0.3) is 116 Å². The Morgan fingerprint density at radius 1 is 0.289 bits per heavy atom. The van der Waals surface area contributed by atoms with Crippen LogP contribution in [0.5, 0.6) is 0 Å². The molecule has 0 bridgehead atoms. The third-order valence-electron chi connectivity index (χ3n) is 15.8. The van der Waals surface area contributed by atoms with Crippen molar-refractivity contribution >= 4 is 43.4 Å². The molecule has 0 spiro atoms. The summed E-state index contributed by atoms with van der Waals surface area (Å²) in [6, 6.07) is 104. The molecule has 3 nitrogen and oxygen atoms in total. The highest BCUT2D eigenvalue weighted by atomic mass is 15.0. The van der Waals surface area contributed by atoms with Crippen molar-refractivity contribution in [3.05, 3.63) is 307 Å². The number of fused-ring (bicyclic) bond motifs is 9. The molecule has 0 N–H and O–H groups in total. The molecule has 12 aromatic carbocycles. The first-order valence-corrected chi connectivity index (χ1v) is 26.1. The summed E-state index contributed by atoms with van der Waals surface area (Å²) in [7, 11) is 0. The van der Waals surface area contributed by atoms with E-state index in [4.69, 9.17) is 9.97 Å². The summed E-state index contributed by atoms with van der Waals surface area (Å²) < 4.78 is 2.46. The molecule has 76 heavy (non-hydrogen) atoms. The number of hydrogen-bond donors (Lipinski definition) is 0. The first kappa shape index (κ1) is 43.6. The van der Waals surface area contributed by atoms with Crippen LogP contribution in [0.1, 0.15) is 22.3 Å². The zero-order valence-electron chi connectivity index (χ0n) is 41.5. The van der Waals surface area contributed by atoms with Crippen LogP contribution < -0.4 is 0 Å². The predicted molar refractivity (Wildman–Crippen MR) is 316 cm³/mol. The van der Waals surface area contributed by atoms with Gasteiger partial charge in [-0.2, -0.15) is 0 Å². The summed E-state index contributed by atoms with van der Waals surface area (Å²) in [4.78, 5) is 11.2. The number of benzene rings is 12. The van der Waals surface area contributed by atoms with E-state index in [1.807, 2.05) is 0 Å². The van der Waals surface area contributed by atoms with Gasteiger partial charge in [0.05, 0.1) is 27.8 Å². The lowest BCUT2D eigenvalue weighted by molar-refractivity contribution is 0.768. The van der Waals surface area contributed by atoms with Crippen molar-refractivity contribution in [2.45, 2.75) is 5.41 Å². The molecule has 0 unspecified atom stereocenters. The van der Waals surface area contributed by atoms with Crippen LogP contribution in [0.4, 0.5) is 0 Å². The van der Waals surface area contributed by atoms with Gasteiger partial charge in [0.1, 0.15) is 0 Å². The summed E-state index contributed by atoms with van der Waals surface area (Å²) in [5.41, 5.74) is 19.4. The molecule has 0 amide bonds. The minimum absolute atomic E-state index is 0.558. The molecule has 14 aromatic rings. The second kappa shape index (κ2) is 17.6. The molecule has 0 radical (unpaired) electrons. The van der Waals surface area contributed by atoms with E-state index < -0.39 is 5.41 Å². The molecule has 0 saturated carbocycles. The van der Waals surface area contributed by atoms with Gasteiger partial charge in [0, 0.05) is 33.2 Å². The number of nitrogens with zero attached hydrogens (tertiary/aromatic N) is 3. The molecule has 2 aromatic heterocycles. The summed E-state index contributed by atoms with van der Waals surface area (Å²) in [5, 5.41) is 7.27. The molecule has 0 saturated heterocycles. The van der Waals surface area contributed by atoms with Crippen LogP contribution in [0, 0.1) is 0 Å². The lowest BCUT2D eigenvalue weighted by Crippen LogP contribution is -2.28. The van der Waals surface area contributed by atoms with Crippen molar-refractivity contribution < 1.29 is 0 Å². The third kappa shape index (κ3) is 6.83. The topological polar surface area (TPSA) is 30.7 Å². The van der Waals surface area contributed by atoms with E-state index in [0.29, 0.717) is 5.82 Å². The predicted octanol–water partition coefficient (Wildman–Crippen LogP) is 18.6. The zero-order valence-corrected chi connectivity index (χ0v) is 41.5. The van der Waals surface area contributed by atoms with Gasteiger partial charge in [-0.25, -0.2) is 9.97 Å². The van der Waals surface area contributed by atoms with Gasteiger partial charge in [0.2, 0.25) is 0 Å². The van der Waals surface area contributed by atoms with E-state index in [9.17, 15) is 0 Å². The van der Waals surface area contributed by atoms with Crippen LogP contribution in [0.15, 0.2) is 285 Å². The molecule has 3 heteroatoms. The lowest BCUT2D eigenvalue weighted by Gasteiger charge is -2.33. The molecule has 0 fully saturated rings. The summed E-state index contributed by atoms with van der Waals surface area (Å²) >= 11 is 0. The Morgan fingerprint density at radius 2 is 0.855 bits per heavy atom. The van der Waals surface area contributed by atoms with Crippen molar-refractivity contribution in [2.24, 2.45) is 0 Å². The SMILES string of the molecule is c1ccc(-c2ccc3c4ccccc4n(-c4cc(-c5cc(-c6cccc7c6-c6ccccc6C7(c6ccccc6)c6ccccc6)nc(-c6ccccc6)n5)cc(-c5cc6ccccc6c6ccccc56)c4)c3c2)cc1. The van der Waals surface area contributed by atoms with Crippen LogP contribution >= 0.6 is 0 Å². The molecular weight excluding hydrogens is 919 g/mol. The Balaban J connectivity index is 1.03. The summed E-state index contributed by atoms with van der Waals surface area (Å²) in [6.07, 6.45) is 0. The van der Waals surface area contributed by atoms with Gasteiger partial charge < -0.3 is 4.57 Å². The van der Waals surface area contributed by atoms with Crippen LogP contribution in [0.3, 0.4) is 0 Å². The first-order valence-electron chi connectivity index (χ1n) is 26.1. The second-order valence-electron chi connectivity index (χ2n) is 20.0. The average molecular weight is 966 g/mol. The monoisotopic (exact) mass is 965 g/mol. The highest BCUT2D eigenvalue weighted by Crippen LogP contribution is 2.58. The van der Waals surface area contributed by atoms with Crippen molar-refractivity contribution in [3.8, 4) is 73.0 Å². The maximum atomic E-state index is 5.59. The fraction of sp³-hybridized carbons (Fsp3) is 0.0137. The van der Waals surface area contributed by atoms with Gasteiger partial charge in [-0.3, -0.25) is 0 Å². The van der Waals surface area contributed by atoms with Crippen molar-refractivity contribution in [1.29, 1.82) is 0 Å².